The second-order valence-electron chi connectivity index (χ2n) is 3.92. The van der Waals surface area contributed by atoms with Crippen LogP contribution in [0.3, 0.4) is 0 Å². The van der Waals surface area contributed by atoms with Gasteiger partial charge in [-0.15, -0.1) is 5.10 Å². The summed E-state index contributed by atoms with van der Waals surface area (Å²) in [6.45, 7) is 0.188. The Morgan fingerprint density at radius 3 is 2.85 bits per heavy atom. The molecule has 1 aromatic carbocycles. The highest BCUT2D eigenvalue weighted by Gasteiger charge is 2.07. The van der Waals surface area contributed by atoms with Crippen molar-refractivity contribution in [2.45, 2.75) is 6.54 Å². The van der Waals surface area contributed by atoms with Crippen LogP contribution in [0.15, 0.2) is 24.3 Å². The van der Waals surface area contributed by atoms with E-state index in [1.54, 1.807) is 19.2 Å². The number of hydrogen-bond acceptors (Lipinski definition) is 5. The molecule has 2 amide bonds. The first kappa shape index (κ1) is 13.5. The van der Waals surface area contributed by atoms with Crippen LogP contribution in [0.4, 0.5) is 10.7 Å². The van der Waals surface area contributed by atoms with Gasteiger partial charge in [0.05, 0.1) is 12.6 Å². The van der Waals surface area contributed by atoms with Gasteiger partial charge in [0.1, 0.15) is 0 Å². The fourth-order valence-electron chi connectivity index (χ4n) is 1.48. The SMILES string of the molecule is Cn1nnc(NC(=O)NCc2cccc(C(=O)O)c2)n1. The average molecular weight is 276 g/mol. The van der Waals surface area contributed by atoms with Gasteiger partial charge in [0.25, 0.3) is 5.95 Å². The van der Waals surface area contributed by atoms with Gasteiger partial charge < -0.3 is 10.4 Å². The highest BCUT2D eigenvalue weighted by molar-refractivity contribution is 5.88. The molecule has 0 unspecified atom stereocenters. The minimum absolute atomic E-state index is 0.0873. The largest absolute Gasteiger partial charge is 0.478 e. The topological polar surface area (TPSA) is 122 Å². The van der Waals surface area contributed by atoms with Gasteiger partial charge in [0, 0.05) is 6.54 Å². The number of amides is 2. The number of urea groups is 1. The molecular weight excluding hydrogens is 264 g/mol. The zero-order valence-electron chi connectivity index (χ0n) is 10.6. The van der Waals surface area contributed by atoms with Gasteiger partial charge >= 0.3 is 12.0 Å². The van der Waals surface area contributed by atoms with E-state index in [-0.39, 0.29) is 18.1 Å². The average Bonchev–Trinajstić information content (AvgIpc) is 2.82. The van der Waals surface area contributed by atoms with Crippen LogP contribution in [-0.4, -0.2) is 37.3 Å². The van der Waals surface area contributed by atoms with E-state index in [1.807, 2.05) is 0 Å². The Morgan fingerprint density at radius 2 is 2.20 bits per heavy atom. The number of rotatable bonds is 4. The second kappa shape index (κ2) is 5.78. The summed E-state index contributed by atoms with van der Waals surface area (Å²) < 4.78 is 0. The molecule has 1 aromatic heterocycles. The van der Waals surface area contributed by atoms with Crippen molar-refractivity contribution < 1.29 is 14.7 Å². The summed E-state index contributed by atoms with van der Waals surface area (Å²) in [6.07, 6.45) is 0. The predicted molar refractivity (Wildman–Crippen MR) is 68.1 cm³/mol. The van der Waals surface area contributed by atoms with Gasteiger partial charge in [-0.2, -0.15) is 4.80 Å². The van der Waals surface area contributed by atoms with Gasteiger partial charge in [-0.1, -0.05) is 17.2 Å². The molecule has 3 N–H and O–H groups in total. The summed E-state index contributed by atoms with van der Waals surface area (Å²) in [5, 5.41) is 24.8. The molecule has 0 spiro atoms. The van der Waals surface area contributed by atoms with E-state index in [9.17, 15) is 9.59 Å². The molecule has 0 saturated heterocycles. The van der Waals surface area contributed by atoms with Gasteiger partial charge in [0.15, 0.2) is 0 Å². The minimum Gasteiger partial charge on any atom is -0.478 e. The highest BCUT2D eigenvalue weighted by Crippen LogP contribution is 2.05. The van der Waals surface area contributed by atoms with Gasteiger partial charge in [-0.3, -0.25) is 5.32 Å². The Morgan fingerprint density at radius 1 is 1.40 bits per heavy atom. The zero-order chi connectivity index (χ0) is 14.5. The van der Waals surface area contributed by atoms with E-state index in [0.29, 0.717) is 5.56 Å². The molecule has 0 radical (unpaired) electrons. The number of hydrogen-bond donors (Lipinski definition) is 3. The first-order valence-corrected chi connectivity index (χ1v) is 5.65. The van der Waals surface area contributed by atoms with Crippen molar-refractivity contribution in [3.63, 3.8) is 0 Å². The number of carboxylic acid groups (broad SMARTS) is 1. The molecule has 0 aliphatic carbocycles. The second-order valence-corrected chi connectivity index (χ2v) is 3.92. The molecule has 9 nitrogen and oxygen atoms in total. The third-order valence-electron chi connectivity index (χ3n) is 2.36. The van der Waals surface area contributed by atoms with Gasteiger partial charge in [0.2, 0.25) is 0 Å². The number of aromatic nitrogens is 4. The van der Waals surface area contributed by atoms with Crippen molar-refractivity contribution in [3.8, 4) is 0 Å². The summed E-state index contributed by atoms with van der Waals surface area (Å²) in [7, 11) is 1.58. The lowest BCUT2D eigenvalue weighted by molar-refractivity contribution is 0.0696. The zero-order valence-corrected chi connectivity index (χ0v) is 10.6. The molecule has 0 saturated carbocycles. The van der Waals surface area contributed by atoms with Crippen molar-refractivity contribution in [1.82, 2.24) is 25.5 Å². The Hall–Kier alpha value is -2.97. The Balaban J connectivity index is 1.90. The summed E-state index contributed by atoms with van der Waals surface area (Å²) in [5.74, 6) is -0.927. The quantitative estimate of drug-likeness (QED) is 0.734. The van der Waals surface area contributed by atoms with E-state index in [1.165, 1.54) is 16.9 Å². The first-order chi connectivity index (χ1) is 9.54. The summed E-state index contributed by atoms with van der Waals surface area (Å²) in [4.78, 5) is 23.6. The van der Waals surface area contributed by atoms with E-state index in [4.69, 9.17) is 5.11 Å². The lowest BCUT2D eigenvalue weighted by atomic mass is 10.1. The molecule has 9 heteroatoms. The van der Waals surface area contributed by atoms with Crippen molar-refractivity contribution in [3.05, 3.63) is 35.4 Å². The normalized spacial score (nSPS) is 10.1. The van der Waals surface area contributed by atoms with E-state index >= 15 is 0 Å². The molecule has 1 heterocycles. The predicted octanol–water partition coefficient (Wildman–Crippen LogP) is 0.230. The molecule has 0 atom stereocenters. The van der Waals surface area contributed by atoms with Crippen LogP contribution in [0.2, 0.25) is 0 Å². The van der Waals surface area contributed by atoms with Crippen molar-refractivity contribution >= 4 is 17.9 Å². The maximum atomic E-state index is 11.6. The smallest absolute Gasteiger partial charge is 0.335 e. The molecule has 2 rings (SSSR count). The van der Waals surface area contributed by atoms with Crippen LogP contribution in [-0.2, 0) is 13.6 Å². The summed E-state index contributed by atoms with van der Waals surface area (Å²) in [5.41, 5.74) is 0.840. The number of benzene rings is 1. The van der Waals surface area contributed by atoms with Crippen LogP contribution in [0.1, 0.15) is 15.9 Å². The number of carboxylic acids is 1. The third kappa shape index (κ3) is 3.51. The van der Waals surface area contributed by atoms with Crippen LogP contribution >= 0.6 is 0 Å². The molecule has 20 heavy (non-hydrogen) atoms. The monoisotopic (exact) mass is 276 g/mol. The van der Waals surface area contributed by atoms with Crippen LogP contribution < -0.4 is 10.6 Å². The van der Waals surface area contributed by atoms with Crippen LogP contribution in [0.25, 0.3) is 0 Å². The van der Waals surface area contributed by atoms with Crippen LogP contribution in [0, 0.1) is 0 Å². The van der Waals surface area contributed by atoms with E-state index in [0.717, 1.165) is 0 Å². The fourth-order valence-corrected chi connectivity index (χ4v) is 1.48. The maximum absolute atomic E-state index is 11.6. The molecule has 0 aliphatic rings. The van der Waals surface area contributed by atoms with E-state index < -0.39 is 12.0 Å². The first-order valence-electron chi connectivity index (χ1n) is 5.65. The maximum Gasteiger partial charge on any atom is 0.335 e. The Bertz CT molecular complexity index is 639. The number of aryl methyl sites for hydroxylation is 1. The number of tetrazole rings is 1. The number of nitrogens with zero attached hydrogens (tertiary/aromatic N) is 4. The molecule has 2 aromatic rings. The number of anilines is 1. The Labute approximate surface area is 113 Å². The molecular formula is C11H12N6O3. The van der Waals surface area contributed by atoms with Gasteiger partial charge in [-0.05, 0) is 22.9 Å². The van der Waals surface area contributed by atoms with Crippen molar-refractivity contribution in [2.75, 3.05) is 5.32 Å². The number of carbonyl (C=O) groups excluding carboxylic acids is 1. The van der Waals surface area contributed by atoms with Crippen LogP contribution in [0.5, 0.6) is 0 Å². The summed E-state index contributed by atoms with van der Waals surface area (Å²) in [6, 6.07) is 5.80. The number of aromatic carboxylic acids is 1. The minimum atomic E-state index is -1.01. The molecule has 0 aliphatic heterocycles. The van der Waals surface area contributed by atoms with Crippen molar-refractivity contribution in [1.29, 1.82) is 0 Å². The number of carbonyl (C=O) groups is 2. The molecule has 0 fully saturated rings. The van der Waals surface area contributed by atoms with Crippen molar-refractivity contribution in [2.24, 2.45) is 7.05 Å². The lowest BCUT2D eigenvalue weighted by Crippen LogP contribution is -2.28. The standard InChI is InChI=1S/C11H12N6O3/c1-17-15-10(14-16-17)13-11(20)12-6-7-3-2-4-8(5-7)9(18)19/h2-5H,6H2,1H3,(H,18,19)(H2,12,13,15,20). The molecule has 104 valence electrons. The van der Waals surface area contributed by atoms with Gasteiger partial charge in [-0.25, -0.2) is 9.59 Å². The molecule has 0 bridgehead atoms. The summed E-state index contributed by atoms with van der Waals surface area (Å²) >= 11 is 0. The highest BCUT2D eigenvalue weighted by atomic mass is 16.4. The fraction of sp³-hybridized carbons (Fsp3) is 0.182. The van der Waals surface area contributed by atoms with E-state index in [2.05, 4.69) is 26.0 Å². The number of nitrogens with one attached hydrogen (secondary N) is 2. The third-order valence-corrected chi connectivity index (χ3v) is 2.36. The lowest BCUT2D eigenvalue weighted by Gasteiger charge is -2.05. The Kier molecular flexibility index (Phi) is 3.89.